The molecule has 0 amide bonds. The van der Waals surface area contributed by atoms with E-state index in [0.29, 0.717) is 0 Å². The number of rotatable bonds is 1. The fourth-order valence-corrected chi connectivity index (χ4v) is 4.36. The number of thiazole rings is 1. The quantitative estimate of drug-likeness (QED) is 0.521. The molecule has 4 heteroatoms. The van der Waals surface area contributed by atoms with Crippen molar-refractivity contribution in [1.29, 1.82) is 0 Å². The molecule has 0 fully saturated rings. The van der Waals surface area contributed by atoms with Crippen LogP contribution < -0.4 is 10.1 Å². The lowest BCUT2D eigenvalue weighted by molar-refractivity contribution is 1.18. The molecule has 0 aliphatic rings. The van der Waals surface area contributed by atoms with Crippen LogP contribution in [0.1, 0.15) is 33.4 Å². The van der Waals surface area contributed by atoms with Crippen molar-refractivity contribution in [3.8, 4) is 0 Å². The molecule has 0 N–H and O–H groups in total. The predicted octanol–water partition coefficient (Wildman–Crippen LogP) is 4.00. The van der Waals surface area contributed by atoms with Gasteiger partial charge in [-0.2, -0.15) is 0 Å². The van der Waals surface area contributed by atoms with E-state index < -0.39 is 0 Å². The van der Waals surface area contributed by atoms with E-state index in [0.717, 1.165) is 37.2 Å². The summed E-state index contributed by atoms with van der Waals surface area (Å²) in [6.07, 6.45) is 2.00. The zero-order valence-electron chi connectivity index (χ0n) is 15.1. The Labute approximate surface area is 150 Å². The Morgan fingerprint density at radius 2 is 1.64 bits per heavy atom. The lowest BCUT2D eigenvalue weighted by Gasteiger charge is -2.05. The summed E-state index contributed by atoms with van der Waals surface area (Å²) in [6, 6.07) is 8.47. The molecule has 0 unspecified atom stereocenters. The Hall–Kier alpha value is -2.46. The number of benzene rings is 2. The first kappa shape index (κ1) is 16.0. The van der Waals surface area contributed by atoms with Crippen LogP contribution in [-0.4, -0.2) is 9.38 Å². The Morgan fingerprint density at radius 1 is 0.920 bits per heavy atom. The van der Waals surface area contributed by atoms with E-state index in [4.69, 9.17) is 4.98 Å². The molecule has 3 nitrogen and oxygen atoms in total. The molecule has 25 heavy (non-hydrogen) atoms. The number of hydrogen-bond donors (Lipinski definition) is 0. The summed E-state index contributed by atoms with van der Waals surface area (Å²) in [6.45, 7) is 10.4. The van der Waals surface area contributed by atoms with Crippen molar-refractivity contribution in [3.05, 3.63) is 72.5 Å². The van der Waals surface area contributed by atoms with Crippen LogP contribution in [0.2, 0.25) is 0 Å². The van der Waals surface area contributed by atoms with Crippen molar-refractivity contribution in [2.75, 3.05) is 0 Å². The zero-order valence-corrected chi connectivity index (χ0v) is 15.9. The van der Waals surface area contributed by atoms with Gasteiger partial charge in [0.2, 0.25) is 0 Å². The zero-order chi connectivity index (χ0) is 17.9. The van der Waals surface area contributed by atoms with Gasteiger partial charge in [0.05, 0.1) is 15.6 Å². The van der Waals surface area contributed by atoms with E-state index in [1.807, 2.05) is 26.0 Å². The van der Waals surface area contributed by atoms with Crippen LogP contribution in [0, 0.1) is 34.6 Å². The minimum atomic E-state index is 0.0186. The molecule has 2 aromatic heterocycles. The van der Waals surface area contributed by atoms with E-state index in [9.17, 15) is 4.79 Å². The number of nitrogens with zero attached hydrogens (tertiary/aromatic N) is 2. The summed E-state index contributed by atoms with van der Waals surface area (Å²) in [7, 11) is 0. The number of imidazole rings is 1. The Balaban J connectivity index is 2.03. The molecule has 126 valence electrons. The normalized spacial score (nSPS) is 12.6. The highest BCUT2D eigenvalue weighted by Gasteiger charge is 2.13. The van der Waals surface area contributed by atoms with Crippen LogP contribution in [0.4, 0.5) is 0 Å². The Kier molecular flexibility index (Phi) is 3.55. The third-order valence-electron chi connectivity index (χ3n) is 4.85. The van der Waals surface area contributed by atoms with Gasteiger partial charge in [-0.3, -0.25) is 4.79 Å². The minimum Gasteiger partial charge on any atom is -0.267 e. The average Bonchev–Trinajstić information content (AvgIpc) is 3.03. The standard InChI is InChI=1S/C21H20N2OS/c1-11-6-15(5)19-17(7-11)23-20(24)18(25-21(23)22-19)10-16-9-13(3)12(2)8-14(16)4/h6-10H,1-5H3/b18-10-. The molecular weight excluding hydrogens is 328 g/mol. The first-order chi connectivity index (χ1) is 11.8. The monoisotopic (exact) mass is 348 g/mol. The van der Waals surface area contributed by atoms with Gasteiger partial charge in [0.25, 0.3) is 5.56 Å². The van der Waals surface area contributed by atoms with Gasteiger partial charge < -0.3 is 0 Å². The van der Waals surface area contributed by atoms with E-state index in [1.165, 1.54) is 28.0 Å². The molecule has 0 saturated carbocycles. The maximum absolute atomic E-state index is 13.0. The molecule has 2 heterocycles. The highest BCUT2D eigenvalue weighted by atomic mass is 32.1. The second-order valence-corrected chi connectivity index (χ2v) is 7.90. The summed E-state index contributed by atoms with van der Waals surface area (Å²) in [5, 5.41) is 0. The van der Waals surface area contributed by atoms with Gasteiger partial charge >= 0.3 is 0 Å². The van der Waals surface area contributed by atoms with Gasteiger partial charge in [0.15, 0.2) is 4.96 Å². The summed E-state index contributed by atoms with van der Waals surface area (Å²) >= 11 is 1.46. The second kappa shape index (κ2) is 5.53. The van der Waals surface area contributed by atoms with Crippen molar-refractivity contribution in [3.63, 3.8) is 0 Å². The predicted molar refractivity (Wildman–Crippen MR) is 106 cm³/mol. The highest BCUT2D eigenvalue weighted by Crippen LogP contribution is 2.22. The molecule has 0 aliphatic heterocycles. The number of fused-ring (bicyclic) bond motifs is 3. The van der Waals surface area contributed by atoms with Crippen molar-refractivity contribution in [2.24, 2.45) is 0 Å². The largest absolute Gasteiger partial charge is 0.274 e. The van der Waals surface area contributed by atoms with Crippen LogP contribution in [-0.2, 0) is 0 Å². The van der Waals surface area contributed by atoms with Gasteiger partial charge in [0.1, 0.15) is 0 Å². The molecule has 4 rings (SSSR count). The molecule has 0 spiro atoms. The molecule has 0 saturated heterocycles. The van der Waals surface area contributed by atoms with Gasteiger partial charge in [-0.25, -0.2) is 9.38 Å². The van der Waals surface area contributed by atoms with Crippen molar-refractivity contribution < 1.29 is 0 Å². The van der Waals surface area contributed by atoms with Gasteiger partial charge in [-0.05, 0) is 80.1 Å². The molecule has 4 aromatic rings. The number of aryl methyl sites for hydroxylation is 5. The SMILES string of the molecule is Cc1cc(C)c2nc3s/c(=C\c4cc(C)c(C)cc4C)c(=O)n3c2c1. The summed E-state index contributed by atoms with van der Waals surface area (Å²) < 4.78 is 2.48. The third-order valence-corrected chi connectivity index (χ3v) is 5.82. The van der Waals surface area contributed by atoms with E-state index in [-0.39, 0.29) is 5.56 Å². The molecule has 0 atom stereocenters. The molecule has 0 bridgehead atoms. The molecule has 0 aliphatic carbocycles. The Morgan fingerprint density at radius 3 is 2.40 bits per heavy atom. The van der Waals surface area contributed by atoms with Gasteiger partial charge in [0, 0.05) is 0 Å². The summed E-state index contributed by atoms with van der Waals surface area (Å²) in [4.78, 5) is 18.5. The fourth-order valence-electron chi connectivity index (χ4n) is 3.39. The summed E-state index contributed by atoms with van der Waals surface area (Å²) in [5.41, 5.74) is 8.90. The number of hydrogen-bond acceptors (Lipinski definition) is 3. The van der Waals surface area contributed by atoms with E-state index in [1.54, 1.807) is 4.40 Å². The van der Waals surface area contributed by atoms with Crippen LogP contribution in [0.25, 0.3) is 22.1 Å². The topological polar surface area (TPSA) is 34.4 Å². The van der Waals surface area contributed by atoms with Crippen LogP contribution in [0.5, 0.6) is 0 Å². The number of aromatic nitrogens is 2. The van der Waals surface area contributed by atoms with Crippen LogP contribution in [0.3, 0.4) is 0 Å². The third kappa shape index (κ3) is 2.48. The highest BCUT2D eigenvalue weighted by molar-refractivity contribution is 7.15. The first-order valence-electron chi connectivity index (χ1n) is 8.37. The first-order valence-corrected chi connectivity index (χ1v) is 9.18. The summed E-state index contributed by atoms with van der Waals surface area (Å²) in [5.74, 6) is 0. The van der Waals surface area contributed by atoms with Crippen LogP contribution >= 0.6 is 11.3 Å². The Bertz CT molecular complexity index is 1260. The lowest BCUT2D eigenvalue weighted by Crippen LogP contribution is -2.22. The smallest absolute Gasteiger partial charge is 0.267 e. The van der Waals surface area contributed by atoms with Gasteiger partial charge in [-0.1, -0.05) is 29.5 Å². The van der Waals surface area contributed by atoms with Crippen molar-refractivity contribution >= 4 is 33.4 Å². The van der Waals surface area contributed by atoms with Gasteiger partial charge in [-0.15, -0.1) is 0 Å². The average molecular weight is 348 g/mol. The second-order valence-electron chi connectivity index (χ2n) is 6.89. The lowest BCUT2D eigenvalue weighted by atomic mass is 10.0. The van der Waals surface area contributed by atoms with Crippen LogP contribution in [0.15, 0.2) is 29.1 Å². The van der Waals surface area contributed by atoms with E-state index >= 15 is 0 Å². The maximum atomic E-state index is 13.0. The molecule has 2 aromatic carbocycles. The molecular formula is C21H20N2OS. The molecule has 0 radical (unpaired) electrons. The fraction of sp³-hybridized carbons (Fsp3) is 0.238. The minimum absolute atomic E-state index is 0.0186. The van der Waals surface area contributed by atoms with E-state index in [2.05, 4.69) is 39.0 Å². The van der Waals surface area contributed by atoms with Crippen molar-refractivity contribution in [2.45, 2.75) is 34.6 Å². The maximum Gasteiger partial charge on any atom is 0.274 e. The van der Waals surface area contributed by atoms with Crippen molar-refractivity contribution in [1.82, 2.24) is 9.38 Å².